The molecule has 144 valence electrons. The quantitative estimate of drug-likeness (QED) is 0.687. The van der Waals surface area contributed by atoms with Crippen molar-refractivity contribution in [1.82, 2.24) is 9.71 Å². The average Bonchev–Trinajstić information content (AvgIpc) is 2.66. The molecule has 0 unspecified atom stereocenters. The maximum absolute atomic E-state index is 14.3. The van der Waals surface area contributed by atoms with Crippen LogP contribution in [0.25, 0.3) is 11.1 Å². The van der Waals surface area contributed by atoms with Crippen molar-refractivity contribution in [3.05, 3.63) is 83.9 Å². The van der Waals surface area contributed by atoms with Gasteiger partial charge in [-0.05, 0) is 35.9 Å². The number of carbonyl (C=O) groups excluding carboxylic acids is 1. The van der Waals surface area contributed by atoms with E-state index in [0.717, 1.165) is 23.4 Å². The first-order chi connectivity index (χ1) is 13.3. The number of ether oxygens (including phenoxy) is 1. The zero-order chi connectivity index (χ0) is 20.1. The van der Waals surface area contributed by atoms with E-state index < -0.39 is 21.7 Å². The number of amides is 1. The summed E-state index contributed by atoms with van der Waals surface area (Å²) in [5.74, 6) is -0.998. The highest BCUT2D eigenvalue weighted by molar-refractivity contribution is 7.89. The van der Waals surface area contributed by atoms with E-state index in [9.17, 15) is 17.6 Å². The molecule has 1 amide bonds. The van der Waals surface area contributed by atoms with Crippen LogP contribution in [0.3, 0.4) is 0 Å². The molecule has 0 saturated carbocycles. The number of nitrogens with zero attached hydrogens (tertiary/aromatic N) is 1. The molecule has 2 aromatic carbocycles. The Morgan fingerprint density at radius 2 is 1.89 bits per heavy atom. The van der Waals surface area contributed by atoms with Gasteiger partial charge >= 0.3 is 0 Å². The van der Waals surface area contributed by atoms with Gasteiger partial charge in [-0.25, -0.2) is 17.5 Å². The maximum Gasteiger partial charge on any atom is 0.264 e. The summed E-state index contributed by atoms with van der Waals surface area (Å²) in [7, 11) is -3.72. The third-order valence-corrected chi connectivity index (χ3v) is 4.37. The zero-order valence-electron chi connectivity index (χ0n) is 14.9. The Balaban J connectivity index is 1.71. The number of benzene rings is 2. The van der Waals surface area contributed by atoms with Gasteiger partial charge in [-0.3, -0.25) is 9.78 Å². The van der Waals surface area contributed by atoms with E-state index in [4.69, 9.17) is 4.74 Å². The molecule has 0 fully saturated rings. The number of rotatable bonds is 6. The molecular formula is C20H17FN2O4S. The van der Waals surface area contributed by atoms with Crippen LogP contribution in [0.5, 0.6) is 5.75 Å². The summed E-state index contributed by atoms with van der Waals surface area (Å²) in [5.41, 5.74) is 1.99. The first kappa shape index (κ1) is 19.5. The molecule has 1 heterocycles. The van der Waals surface area contributed by atoms with Gasteiger partial charge in [0.1, 0.15) is 18.2 Å². The van der Waals surface area contributed by atoms with Crippen LogP contribution in [-0.2, 0) is 16.6 Å². The Kier molecular flexibility index (Phi) is 5.70. The van der Waals surface area contributed by atoms with Crippen molar-refractivity contribution in [2.75, 3.05) is 6.26 Å². The molecule has 0 aliphatic rings. The molecule has 0 radical (unpaired) electrons. The number of halogens is 1. The average molecular weight is 400 g/mol. The largest absolute Gasteiger partial charge is 0.489 e. The SMILES string of the molecule is CS(=O)(=O)NC(=O)c1ccc(COc2cccc(-c3cccnc3)c2)c(F)c1. The first-order valence-electron chi connectivity index (χ1n) is 8.25. The number of hydrogen-bond acceptors (Lipinski definition) is 5. The highest BCUT2D eigenvalue weighted by Crippen LogP contribution is 2.24. The number of sulfonamides is 1. The van der Waals surface area contributed by atoms with Gasteiger partial charge in [-0.15, -0.1) is 0 Å². The molecule has 0 bridgehead atoms. The second kappa shape index (κ2) is 8.18. The van der Waals surface area contributed by atoms with Gasteiger partial charge < -0.3 is 4.74 Å². The van der Waals surface area contributed by atoms with Crippen molar-refractivity contribution in [3.8, 4) is 16.9 Å². The lowest BCUT2D eigenvalue weighted by Gasteiger charge is -2.10. The predicted octanol–water partition coefficient (Wildman–Crippen LogP) is 3.16. The first-order valence-corrected chi connectivity index (χ1v) is 10.1. The number of aromatic nitrogens is 1. The van der Waals surface area contributed by atoms with Crippen LogP contribution >= 0.6 is 0 Å². The highest BCUT2D eigenvalue weighted by Gasteiger charge is 2.14. The minimum absolute atomic E-state index is 0.0453. The summed E-state index contributed by atoms with van der Waals surface area (Å²) >= 11 is 0. The van der Waals surface area contributed by atoms with Gasteiger partial charge in [-0.2, -0.15) is 0 Å². The van der Waals surface area contributed by atoms with E-state index in [2.05, 4.69) is 4.98 Å². The molecule has 3 aromatic rings. The lowest BCUT2D eigenvalue weighted by Crippen LogP contribution is -2.29. The van der Waals surface area contributed by atoms with Crippen LogP contribution in [0.1, 0.15) is 15.9 Å². The van der Waals surface area contributed by atoms with Crippen molar-refractivity contribution in [2.45, 2.75) is 6.61 Å². The second-order valence-corrected chi connectivity index (χ2v) is 7.82. The molecular weight excluding hydrogens is 383 g/mol. The summed E-state index contributed by atoms with van der Waals surface area (Å²) in [5, 5.41) is 0. The monoisotopic (exact) mass is 400 g/mol. The van der Waals surface area contributed by atoms with Gasteiger partial charge in [0, 0.05) is 29.1 Å². The highest BCUT2D eigenvalue weighted by atomic mass is 32.2. The fourth-order valence-corrected chi connectivity index (χ4v) is 2.95. The summed E-state index contributed by atoms with van der Waals surface area (Å²) in [4.78, 5) is 15.9. The van der Waals surface area contributed by atoms with E-state index in [1.165, 1.54) is 12.1 Å². The fourth-order valence-electron chi connectivity index (χ4n) is 2.49. The number of pyridine rings is 1. The summed E-state index contributed by atoms with van der Waals surface area (Å²) < 4.78 is 43.9. The third kappa shape index (κ3) is 5.14. The van der Waals surface area contributed by atoms with Crippen molar-refractivity contribution in [3.63, 3.8) is 0 Å². The molecule has 0 aliphatic heterocycles. The minimum atomic E-state index is -3.72. The van der Waals surface area contributed by atoms with Gasteiger partial charge in [0.25, 0.3) is 5.91 Å². The summed E-state index contributed by atoms with van der Waals surface area (Å²) in [6.07, 6.45) is 4.27. The molecule has 1 N–H and O–H groups in total. The van der Waals surface area contributed by atoms with Crippen LogP contribution in [0.2, 0.25) is 0 Å². The lowest BCUT2D eigenvalue weighted by molar-refractivity contribution is 0.0981. The Labute approximate surface area is 162 Å². The smallest absolute Gasteiger partial charge is 0.264 e. The van der Waals surface area contributed by atoms with E-state index in [1.807, 2.05) is 30.3 Å². The van der Waals surface area contributed by atoms with E-state index in [0.29, 0.717) is 5.75 Å². The molecule has 0 aliphatic carbocycles. The molecule has 28 heavy (non-hydrogen) atoms. The van der Waals surface area contributed by atoms with E-state index >= 15 is 0 Å². The summed E-state index contributed by atoms with van der Waals surface area (Å²) in [6, 6.07) is 14.8. The van der Waals surface area contributed by atoms with Crippen LogP contribution in [0.15, 0.2) is 67.0 Å². The number of nitrogens with one attached hydrogen (secondary N) is 1. The number of carbonyl (C=O) groups is 1. The van der Waals surface area contributed by atoms with Crippen molar-refractivity contribution in [2.24, 2.45) is 0 Å². The van der Waals surface area contributed by atoms with Crippen LogP contribution in [0.4, 0.5) is 4.39 Å². The molecule has 0 spiro atoms. The Morgan fingerprint density at radius 3 is 2.57 bits per heavy atom. The maximum atomic E-state index is 14.3. The Hall–Kier alpha value is -3.26. The molecule has 6 nitrogen and oxygen atoms in total. The van der Waals surface area contributed by atoms with Crippen LogP contribution in [-0.4, -0.2) is 25.6 Å². The van der Waals surface area contributed by atoms with E-state index in [1.54, 1.807) is 23.2 Å². The molecule has 8 heteroatoms. The topological polar surface area (TPSA) is 85.4 Å². The van der Waals surface area contributed by atoms with Crippen molar-refractivity contribution in [1.29, 1.82) is 0 Å². The van der Waals surface area contributed by atoms with Crippen molar-refractivity contribution >= 4 is 15.9 Å². The minimum Gasteiger partial charge on any atom is -0.489 e. The molecule has 0 atom stereocenters. The zero-order valence-corrected chi connectivity index (χ0v) is 15.7. The van der Waals surface area contributed by atoms with Gasteiger partial charge in [0.15, 0.2) is 0 Å². The normalized spacial score (nSPS) is 11.1. The summed E-state index contributed by atoms with van der Waals surface area (Å²) in [6.45, 7) is -0.0453. The fraction of sp³-hybridized carbons (Fsp3) is 0.100. The van der Waals surface area contributed by atoms with E-state index in [-0.39, 0.29) is 17.7 Å². The lowest BCUT2D eigenvalue weighted by atomic mass is 10.1. The van der Waals surface area contributed by atoms with Gasteiger partial charge in [0.2, 0.25) is 10.0 Å². The Morgan fingerprint density at radius 1 is 1.11 bits per heavy atom. The third-order valence-electron chi connectivity index (χ3n) is 3.82. The standard InChI is InChI=1S/C20H17FN2O4S/c1-28(25,26)23-20(24)15-7-8-17(19(21)11-15)13-27-18-6-2-4-14(10-18)16-5-3-9-22-12-16/h2-12H,13H2,1H3,(H,23,24). The van der Waals surface area contributed by atoms with Gasteiger partial charge in [0.05, 0.1) is 6.26 Å². The van der Waals surface area contributed by atoms with Crippen LogP contribution < -0.4 is 9.46 Å². The molecule has 0 saturated heterocycles. The molecule has 3 rings (SSSR count). The predicted molar refractivity (Wildman–Crippen MR) is 103 cm³/mol. The van der Waals surface area contributed by atoms with Crippen molar-refractivity contribution < 1.29 is 22.3 Å². The number of hydrogen-bond donors (Lipinski definition) is 1. The second-order valence-electron chi connectivity index (χ2n) is 6.07. The van der Waals surface area contributed by atoms with Crippen LogP contribution in [0, 0.1) is 5.82 Å². The Bertz CT molecular complexity index is 1100. The van der Waals surface area contributed by atoms with Gasteiger partial charge in [-0.1, -0.05) is 24.3 Å². The molecule has 1 aromatic heterocycles.